The van der Waals surface area contributed by atoms with Gasteiger partial charge >= 0.3 is 0 Å². The molecule has 88 valence electrons. The minimum Gasteiger partial charge on any atom is -0.320 e. The maximum absolute atomic E-state index is 11.8. The number of carbonyl (C=O) groups excluding carboxylic acids is 1. The molecule has 0 radical (unpaired) electrons. The zero-order valence-corrected chi connectivity index (χ0v) is 11.6. The minimum absolute atomic E-state index is 0.164. The standard InChI is InChI=1S/C12H11BrN2OS/c1-2-8-5-9(13)3-4-10(8)15-12(16)11-6-17-7-14-11/h3-7H,2H2,1H3,(H,15,16). The zero-order chi connectivity index (χ0) is 12.3. The first kappa shape index (κ1) is 12.3. The Kier molecular flexibility index (Phi) is 3.91. The lowest BCUT2D eigenvalue weighted by Crippen LogP contribution is -2.13. The van der Waals surface area contributed by atoms with Gasteiger partial charge in [-0.3, -0.25) is 4.79 Å². The van der Waals surface area contributed by atoms with Gasteiger partial charge in [-0.1, -0.05) is 22.9 Å². The molecule has 0 unspecified atom stereocenters. The number of anilines is 1. The molecule has 5 heteroatoms. The van der Waals surface area contributed by atoms with Crippen LogP contribution in [-0.2, 0) is 6.42 Å². The van der Waals surface area contributed by atoms with Crippen molar-refractivity contribution in [1.82, 2.24) is 4.98 Å². The van der Waals surface area contributed by atoms with Gasteiger partial charge in [0.1, 0.15) is 5.69 Å². The van der Waals surface area contributed by atoms with Gasteiger partial charge in [0, 0.05) is 15.5 Å². The number of amides is 1. The van der Waals surface area contributed by atoms with Gasteiger partial charge in [0.15, 0.2) is 0 Å². The molecule has 1 amide bonds. The van der Waals surface area contributed by atoms with E-state index < -0.39 is 0 Å². The molecular formula is C12H11BrN2OS. The van der Waals surface area contributed by atoms with Crippen LogP contribution < -0.4 is 5.32 Å². The molecule has 1 N–H and O–H groups in total. The molecule has 1 aromatic heterocycles. The van der Waals surface area contributed by atoms with Crippen LogP contribution in [0, 0.1) is 0 Å². The average molecular weight is 311 g/mol. The van der Waals surface area contributed by atoms with E-state index in [2.05, 4.69) is 33.2 Å². The van der Waals surface area contributed by atoms with E-state index in [-0.39, 0.29) is 5.91 Å². The normalized spacial score (nSPS) is 10.2. The summed E-state index contributed by atoms with van der Waals surface area (Å²) in [7, 11) is 0. The molecule has 1 heterocycles. The predicted molar refractivity (Wildman–Crippen MR) is 73.6 cm³/mol. The van der Waals surface area contributed by atoms with Crippen LogP contribution in [0.15, 0.2) is 33.6 Å². The molecule has 0 fully saturated rings. The maximum Gasteiger partial charge on any atom is 0.275 e. The van der Waals surface area contributed by atoms with Gasteiger partial charge in [-0.15, -0.1) is 11.3 Å². The molecule has 0 saturated carbocycles. The molecule has 1 aromatic carbocycles. The van der Waals surface area contributed by atoms with Crippen LogP contribution in [0.3, 0.4) is 0 Å². The van der Waals surface area contributed by atoms with Gasteiger partial charge < -0.3 is 5.32 Å². The number of thiazole rings is 1. The number of nitrogens with zero attached hydrogens (tertiary/aromatic N) is 1. The summed E-state index contributed by atoms with van der Waals surface area (Å²) in [5.41, 5.74) is 4.05. The largest absolute Gasteiger partial charge is 0.320 e. The summed E-state index contributed by atoms with van der Waals surface area (Å²) in [6, 6.07) is 5.82. The van der Waals surface area contributed by atoms with E-state index in [0.717, 1.165) is 22.1 Å². The van der Waals surface area contributed by atoms with Crippen molar-refractivity contribution in [3.63, 3.8) is 0 Å². The highest BCUT2D eigenvalue weighted by Gasteiger charge is 2.10. The second kappa shape index (κ2) is 5.42. The summed E-state index contributed by atoms with van der Waals surface area (Å²) in [5.74, 6) is -0.164. The van der Waals surface area contributed by atoms with Crippen LogP contribution in [0.4, 0.5) is 5.69 Å². The van der Waals surface area contributed by atoms with E-state index in [0.29, 0.717) is 5.69 Å². The van der Waals surface area contributed by atoms with Crippen LogP contribution in [0.2, 0.25) is 0 Å². The van der Waals surface area contributed by atoms with Crippen molar-refractivity contribution < 1.29 is 4.79 Å². The van der Waals surface area contributed by atoms with E-state index in [9.17, 15) is 4.79 Å². The summed E-state index contributed by atoms with van der Waals surface area (Å²) in [5, 5.41) is 4.61. The van der Waals surface area contributed by atoms with Gasteiger partial charge in [0.25, 0.3) is 5.91 Å². The number of nitrogens with one attached hydrogen (secondary N) is 1. The lowest BCUT2D eigenvalue weighted by molar-refractivity contribution is 0.102. The summed E-state index contributed by atoms with van der Waals surface area (Å²) in [6.07, 6.45) is 0.867. The lowest BCUT2D eigenvalue weighted by Gasteiger charge is -2.09. The highest BCUT2D eigenvalue weighted by Crippen LogP contribution is 2.22. The Morgan fingerprint density at radius 2 is 2.35 bits per heavy atom. The van der Waals surface area contributed by atoms with Crippen molar-refractivity contribution >= 4 is 38.9 Å². The number of halogens is 1. The van der Waals surface area contributed by atoms with Crippen molar-refractivity contribution in [3.05, 3.63) is 44.8 Å². The number of rotatable bonds is 3. The summed E-state index contributed by atoms with van der Waals surface area (Å²) in [4.78, 5) is 15.8. The van der Waals surface area contributed by atoms with Crippen molar-refractivity contribution in [1.29, 1.82) is 0 Å². The molecule has 0 aliphatic carbocycles. The number of hydrogen-bond donors (Lipinski definition) is 1. The first-order valence-corrected chi connectivity index (χ1v) is 6.92. The van der Waals surface area contributed by atoms with Crippen LogP contribution in [0.1, 0.15) is 23.0 Å². The fourth-order valence-corrected chi connectivity index (χ4v) is 2.43. The van der Waals surface area contributed by atoms with Gasteiger partial charge in [0.05, 0.1) is 5.51 Å². The molecule has 0 saturated heterocycles. The van der Waals surface area contributed by atoms with Gasteiger partial charge in [0.2, 0.25) is 0 Å². The zero-order valence-electron chi connectivity index (χ0n) is 9.24. The van der Waals surface area contributed by atoms with Gasteiger partial charge in [-0.25, -0.2) is 4.98 Å². The fourth-order valence-electron chi connectivity index (χ4n) is 1.49. The molecule has 0 aliphatic rings. The first-order chi connectivity index (χ1) is 8.20. The Morgan fingerprint density at radius 3 is 3.00 bits per heavy atom. The number of hydrogen-bond acceptors (Lipinski definition) is 3. The third-order valence-electron chi connectivity index (χ3n) is 2.36. The van der Waals surface area contributed by atoms with Crippen LogP contribution >= 0.6 is 27.3 Å². The quantitative estimate of drug-likeness (QED) is 0.938. The summed E-state index contributed by atoms with van der Waals surface area (Å²) >= 11 is 4.83. The molecule has 0 aliphatic heterocycles. The molecular weight excluding hydrogens is 300 g/mol. The van der Waals surface area contributed by atoms with Crippen molar-refractivity contribution in [2.24, 2.45) is 0 Å². The van der Waals surface area contributed by atoms with E-state index in [1.54, 1.807) is 10.9 Å². The predicted octanol–water partition coefficient (Wildman–Crippen LogP) is 3.72. The lowest BCUT2D eigenvalue weighted by atomic mass is 10.1. The maximum atomic E-state index is 11.8. The first-order valence-electron chi connectivity index (χ1n) is 5.18. The Morgan fingerprint density at radius 1 is 1.53 bits per heavy atom. The number of benzene rings is 1. The summed E-state index contributed by atoms with van der Waals surface area (Å²) < 4.78 is 1.01. The van der Waals surface area contributed by atoms with Crippen molar-refractivity contribution in [3.8, 4) is 0 Å². The van der Waals surface area contributed by atoms with Crippen molar-refractivity contribution in [2.45, 2.75) is 13.3 Å². The van der Waals surface area contributed by atoms with Gasteiger partial charge in [-0.2, -0.15) is 0 Å². The highest BCUT2D eigenvalue weighted by atomic mass is 79.9. The second-order valence-electron chi connectivity index (χ2n) is 3.48. The van der Waals surface area contributed by atoms with Crippen LogP contribution in [-0.4, -0.2) is 10.9 Å². The third-order valence-corrected chi connectivity index (χ3v) is 3.44. The van der Waals surface area contributed by atoms with E-state index in [1.807, 2.05) is 18.2 Å². The monoisotopic (exact) mass is 310 g/mol. The number of aromatic nitrogens is 1. The molecule has 3 nitrogen and oxygen atoms in total. The van der Waals surface area contributed by atoms with Gasteiger partial charge in [-0.05, 0) is 30.2 Å². The molecule has 17 heavy (non-hydrogen) atoms. The smallest absolute Gasteiger partial charge is 0.275 e. The summed E-state index contributed by atoms with van der Waals surface area (Å²) in [6.45, 7) is 2.06. The third kappa shape index (κ3) is 2.92. The minimum atomic E-state index is -0.164. The van der Waals surface area contributed by atoms with E-state index in [1.165, 1.54) is 11.3 Å². The second-order valence-corrected chi connectivity index (χ2v) is 5.12. The average Bonchev–Trinajstić information content (AvgIpc) is 2.85. The molecule has 2 aromatic rings. The Balaban J connectivity index is 2.21. The Labute approximate surface area is 112 Å². The molecule has 2 rings (SSSR count). The van der Waals surface area contributed by atoms with E-state index >= 15 is 0 Å². The molecule has 0 atom stereocenters. The fraction of sp³-hybridized carbons (Fsp3) is 0.167. The number of carbonyl (C=O) groups is 1. The molecule has 0 bridgehead atoms. The van der Waals surface area contributed by atoms with Crippen molar-refractivity contribution in [2.75, 3.05) is 5.32 Å². The van der Waals surface area contributed by atoms with Crippen LogP contribution in [0.5, 0.6) is 0 Å². The highest BCUT2D eigenvalue weighted by molar-refractivity contribution is 9.10. The SMILES string of the molecule is CCc1cc(Br)ccc1NC(=O)c1cscn1. The Bertz CT molecular complexity index is 525. The Hall–Kier alpha value is -1.20. The van der Waals surface area contributed by atoms with Crippen LogP contribution in [0.25, 0.3) is 0 Å². The topological polar surface area (TPSA) is 42.0 Å². The number of aryl methyl sites for hydroxylation is 1. The van der Waals surface area contributed by atoms with E-state index in [4.69, 9.17) is 0 Å². The molecule has 0 spiro atoms.